The lowest BCUT2D eigenvalue weighted by molar-refractivity contribution is 0.585. The van der Waals surface area contributed by atoms with Gasteiger partial charge in [-0.2, -0.15) is 5.10 Å². The van der Waals surface area contributed by atoms with Gasteiger partial charge in [0.05, 0.1) is 5.69 Å². The predicted molar refractivity (Wildman–Crippen MR) is 65.1 cm³/mol. The van der Waals surface area contributed by atoms with Crippen molar-refractivity contribution in [2.75, 3.05) is 5.43 Å². The maximum atomic E-state index is 13.3. The fourth-order valence-electron chi connectivity index (χ4n) is 1.97. The van der Waals surface area contributed by atoms with E-state index in [9.17, 15) is 8.78 Å². The van der Waals surface area contributed by atoms with Crippen molar-refractivity contribution >= 4 is 11.4 Å². The molecule has 2 rings (SSSR count). The lowest BCUT2D eigenvalue weighted by Gasteiger charge is -2.05. The molecule has 1 fully saturated rings. The Morgan fingerprint density at radius 2 is 1.71 bits per heavy atom. The first-order valence-electron chi connectivity index (χ1n) is 6.02. The number of halogens is 2. The Hall–Kier alpha value is -1.45. The summed E-state index contributed by atoms with van der Waals surface area (Å²) in [5, 5.41) is 4.21. The summed E-state index contributed by atoms with van der Waals surface area (Å²) in [4.78, 5) is 0. The van der Waals surface area contributed by atoms with Crippen LogP contribution in [0.1, 0.15) is 38.5 Å². The third-order valence-corrected chi connectivity index (χ3v) is 2.95. The normalized spacial score (nSPS) is 16.5. The average molecular weight is 238 g/mol. The summed E-state index contributed by atoms with van der Waals surface area (Å²) in [5.74, 6) is -1.18. The molecule has 1 aliphatic carbocycles. The summed E-state index contributed by atoms with van der Waals surface area (Å²) < 4.78 is 26.0. The van der Waals surface area contributed by atoms with Crippen LogP contribution >= 0.6 is 0 Å². The summed E-state index contributed by atoms with van der Waals surface area (Å²) >= 11 is 0. The molecule has 0 heterocycles. The molecule has 92 valence electrons. The molecule has 17 heavy (non-hydrogen) atoms. The Labute approximate surface area is 99.7 Å². The fraction of sp³-hybridized carbons (Fsp3) is 0.462. The van der Waals surface area contributed by atoms with Crippen LogP contribution in [0.4, 0.5) is 14.5 Å². The van der Waals surface area contributed by atoms with Crippen molar-refractivity contribution in [3.63, 3.8) is 0 Å². The second-order valence-electron chi connectivity index (χ2n) is 4.33. The van der Waals surface area contributed by atoms with E-state index in [-0.39, 0.29) is 5.69 Å². The Morgan fingerprint density at radius 1 is 1.00 bits per heavy atom. The summed E-state index contributed by atoms with van der Waals surface area (Å²) in [6, 6.07) is 3.44. The van der Waals surface area contributed by atoms with Gasteiger partial charge in [-0.05, 0) is 37.8 Å². The zero-order chi connectivity index (χ0) is 12.1. The number of hydrogen-bond donors (Lipinski definition) is 1. The summed E-state index contributed by atoms with van der Waals surface area (Å²) in [5.41, 5.74) is 3.98. The second kappa shape index (κ2) is 5.75. The van der Waals surface area contributed by atoms with Crippen LogP contribution in [0.2, 0.25) is 0 Å². The van der Waals surface area contributed by atoms with Crippen molar-refractivity contribution in [2.45, 2.75) is 38.5 Å². The third kappa shape index (κ3) is 3.51. The molecule has 1 N–H and O–H groups in total. The van der Waals surface area contributed by atoms with Gasteiger partial charge in [0.25, 0.3) is 0 Å². The molecular weight excluding hydrogens is 222 g/mol. The standard InChI is InChI=1S/C13H16F2N2/c14-10-7-8-13(12(15)9-10)17-16-11-5-3-1-2-4-6-11/h7-9,17H,1-6H2. The molecule has 1 aromatic rings. The molecule has 4 heteroatoms. The second-order valence-corrected chi connectivity index (χ2v) is 4.33. The van der Waals surface area contributed by atoms with Crippen LogP contribution in [-0.4, -0.2) is 5.71 Å². The predicted octanol–water partition coefficient (Wildman–Crippen LogP) is 4.09. The van der Waals surface area contributed by atoms with Crippen LogP contribution in [0.3, 0.4) is 0 Å². The van der Waals surface area contributed by atoms with Gasteiger partial charge < -0.3 is 0 Å². The van der Waals surface area contributed by atoms with Crippen LogP contribution in [0.25, 0.3) is 0 Å². The lowest BCUT2D eigenvalue weighted by Crippen LogP contribution is -2.02. The molecule has 0 saturated heterocycles. The molecule has 0 bridgehead atoms. The molecule has 1 aliphatic rings. The van der Waals surface area contributed by atoms with Crippen LogP contribution in [0.15, 0.2) is 23.3 Å². The quantitative estimate of drug-likeness (QED) is 0.609. The Bertz CT molecular complexity index is 406. The van der Waals surface area contributed by atoms with Gasteiger partial charge in [-0.25, -0.2) is 8.78 Å². The van der Waals surface area contributed by atoms with Crippen LogP contribution < -0.4 is 5.43 Å². The van der Waals surface area contributed by atoms with Crippen LogP contribution in [-0.2, 0) is 0 Å². The Balaban J connectivity index is 2.02. The Kier molecular flexibility index (Phi) is 4.07. The largest absolute Gasteiger partial charge is 0.276 e. The average Bonchev–Trinajstić information content (AvgIpc) is 2.56. The summed E-state index contributed by atoms with van der Waals surface area (Å²) in [7, 11) is 0. The number of nitrogens with zero attached hydrogens (tertiary/aromatic N) is 1. The van der Waals surface area contributed by atoms with Gasteiger partial charge >= 0.3 is 0 Å². The maximum absolute atomic E-state index is 13.3. The first-order chi connectivity index (χ1) is 8.25. The molecule has 0 amide bonds. The van der Waals surface area contributed by atoms with E-state index in [1.807, 2.05) is 0 Å². The van der Waals surface area contributed by atoms with Gasteiger partial charge in [0, 0.05) is 11.8 Å². The Morgan fingerprint density at radius 3 is 2.35 bits per heavy atom. The van der Waals surface area contributed by atoms with E-state index >= 15 is 0 Å². The molecule has 1 aromatic carbocycles. The smallest absolute Gasteiger partial charge is 0.151 e. The van der Waals surface area contributed by atoms with Crippen LogP contribution in [0.5, 0.6) is 0 Å². The van der Waals surface area contributed by atoms with Gasteiger partial charge in [0.15, 0.2) is 5.82 Å². The molecule has 1 saturated carbocycles. The molecule has 0 spiro atoms. The van der Waals surface area contributed by atoms with Crippen molar-refractivity contribution in [1.29, 1.82) is 0 Å². The number of anilines is 1. The molecule has 0 radical (unpaired) electrons. The lowest BCUT2D eigenvalue weighted by atomic mass is 10.2. The minimum Gasteiger partial charge on any atom is -0.276 e. The van der Waals surface area contributed by atoms with Gasteiger partial charge in [0.2, 0.25) is 0 Å². The van der Waals surface area contributed by atoms with Crippen molar-refractivity contribution in [3.8, 4) is 0 Å². The van der Waals surface area contributed by atoms with Gasteiger partial charge in [-0.1, -0.05) is 12.8 Å². The molecule has 0 unspecified atom stereocenters. The number of benzene rings is 1. The third-order valence-electron chi connectivity index (χ3n) is 2.95. The highest BCUT2D eigenvalue weighted by Crippen LogP contribution is 2.17. The number of nitrogens with one attached hydrogen (secondary N) is 1. The highest BCUT2D eigenvalue weighted by atomic mass is 19.1. The SMILES string of the molecule is Fc1ccc(NN=C2CCCCCC2)c(F)c1. The summed E-state index contributed by atoms with van der Waals surface area (Å²) in [6.07, 6.45) is 6.71. The molecule has 0 aromatic heterocycles. The van der Waals surface area contributed by atoms with Gasteiger partial charge in [-0.3, -0.25) is 5.43 Å². The first kappa shape index (κ1) is 12.0. The summed E-state index contributed by atoms with van der Waals surface area (Å²) in [6.45, 7) is 0. The van der Waals surface area contributed by atoms with Gasteiger partial charge in [0.1, 0.15) is 5.82 Å². The van der Waals surface area contributed by atoms with Crippen molar-refractivity contribution in [1.82, 2.24) is 0 Å². The van der Waals surface area contributed by atoms with E-state index in [0.717, 1.165) is 37.5 Å². The van der Waals surface area contributed by atoms with Crippen molar-refractivity contribution in [3.05, 3.63) is 29.8 Å². The van der Waals surface area contributed by atoms with Crippen molar-refractivity contribution in [2.24, 2.45) is 5.10 Å². The van der Waals surface area contributed by atoms with E-state index < -0.39 is 11.6 Å². The minimum absolute atomic E-state index is 0.225. The molecule has 0 aliphatic heterocycles. The topological polar surface area (TPSA) is 24.4 Å². The van der Waals surface area contributed by atoms with E-state index in [2.05, 4.69) is 10.5 Å². The van der Waals surface area contributed by atoms with Crippen molar-refractivity contribution < 1.29 is 8.78 Å². The van der Waals surface area contributed by atoms with Gasteiger partial charge in [-0.15, -0.1) is 0 Å². The van der Waals surface area contributed by atoms with E-state index in [4.69, 9.17) is 0 Å². The minimum atomic E-state index is -0.608. The molecule has 2 nitrogen and oxygen atoms in total. The zero-order valence-corrected chi connectivity index (χ0v) is 9.68. The fourth-order valence-corrected chi connectivity index (χ4v) is 1.97. The van der Waals surface area contributed by atoms with E-state index in [1.54, 1.807) is 0 Å². The van der Waals surface area contributed by atoms with Crippen LogP contribution in [0, 0.1) is 11.6 Å². The monoisotopic (exact) mass is 238 g/mol. The highest BCUT2D eigenvalue weighted by molar-refractivity contribution is 5.85. The zero-order valence-electron chi connectivity index (χ0n) is 9.68. The molecule has 0 atom stereocenters. The van der Waals surface area contributed by atoms with E-state index in [0.29, 0.717) is 0 Å². The number of hydrazone groups is 1. The van der Waals surface area contributed by atoms with E-state index in [1.165, 1.54) is 25.0 Å². The first-order valence-corrected chi connectivity index (χ1v) is 6.02. The maximum Gasteiger partial charge on any atom is 0.151 e. The number of rotatable bonds is 2. The molecular formula is C13H16F2N2. The number of hydrogen-bond acceptors (Lipinski definition) is 2. The highest BCUT2D eigenvalue weighted by Gasteiger charge is 2.07.